The number of hydrogen-bond donors (Lipinski definition) is 0. The van der Waals surface area contributed by atoms with Crippen molar-refractivity contribution in [2.45, 2.75) is 72.8 Å². The predicted molar refractivity (Wildman–Crippen MR) is 320 cm³/mol. The molecule has 0 unspecified atom stereocenters. The molecule has 0 saturated heterocycles. The summed E-state index contributed by atoms with van der Waals surface area (Å²) in [5.41, 5.74) is 10.4. The van der Waals surface area contributed by atoms with Gasteiger partial charge in [-0.15, -0.1) is 24.2 Å². The minimum atomic E-state index is -0.861. The van der Waals surface area contributed by atoms with Gasteiger partial charge in [-0.2, -0.15) is 0 Å². The van der Waals surface area contributed by atoms with E-state index in [1.54, 1.807) is 37.2 Å². The van der Waals surface area contributed by atoms with Crippen LogP contribution in [0.3, 0.4) is 0 Å². The molecule has 0 aliphatic heterocycles. The largest absolute Gasteiger partial charge is 2.00 e. The zero-order chi connectivity index (χ0) is 54.2. The maximum absolute atomic E-state index is 4.83. The third-order valence-corrected chi connectivity index (χ3v) is 8.22. The molecular formula is C61H76Co2N9OSi3-. The second kappa shape index (κ2) is 36.9. The molecule has 0 spiro atoms. The maximum Gasteiger partial charge on any atom is 2.00 e. The first-order chi connectivity index (χ1) is 35.2. The third-order valence-electron chi connectivity index (χ3n) is 8.22. The first-order valence-corrected chi connectivity index (χ1v) is 35.9. The third kappa shape index (κ3) is 31.8. The summed E-state index contributed by atoms with van der Waals surface area (Å²) in [6, 6.07) is 52.4. The van der Waals surface area contributed by atoms with E-state index in [1.165, 1.54) is 0 Å². The van der Waals surface area contributed by atoms with Crippen LogP contribution in [0.5, 0.6) is 0 Å². The van der Waals surface area contributed by atoms with Crippen LogP contribution in [-0.4, -0.2) is 82.3 Å². The van der Waals surface area contributed by atoms with Crippen molar-refractivity contribution < 1.29 is 38.3 Å². The summed E-state index contributed by atoms with van der Waals surface area (Å²) in [4.78, 5) is 39.6. The van der Waals surface area contributed by atoms with Crippen molar-refractivity contribution >= 4 is 24.2 Å². The average molecular weight is 1150 g/mol. The van der Waals surface area contributed by atoms with Gasteiger partial charge in [0.15, 0.2) is 0 Å². The van der Waals surface area contributed by atoms with Crippen molar-refractivity contribution in [2.24, 2.45) is 0 Å². The fraction of sp³-hybridized carbons (Fsp3) is 0.213. The molecule has 0 aliphatic carbocycles. The number of pyridine rings is 9. The quantitative estimate of drug-likeness (QED) is 0.107. The normalized spacial score (nSPS) is 10.2. The predicted octanol–water partition coefficient (Wildman–Crippen LogP) is 15.7. The summed E-state index contributed by atoms with van der Waals surface area (Å²) >= 11 is 0. The second-order valence-electron chi connectivity index (χ2n) is 20.0. The summed E-state index contributed by atoms with van der Waals surface area (Å²) < 4.78 is 4.83. The molecule has 0 saturated carbocycles. The molecule has 15 heteroatoms. The Kier molecular flexibility index (Phi) is 33.0. The Labute approximate surface area is 479 Å². The molecular weight excluding hydrogens is 1080 g/mol. The maximum atomic E-state index is 4.83. The van der Waals surface area contributed by atoms with Gasteiger partial charge in [-0.05, 0) is 123 Å². The van der Waals surface area contributed by atoms with E-state index in [1.807, 2.05) is 178 Å². The molecule has 76 heavy (non-hydrogen) atoms. The van der Waals surface area contributed by atoms with Gasteiger partial charge >= 0.3 is 16.8 Å². The van der Waals surface area contributed by atoms with E-state index in [0.717, 1.165) is 81.5 Å². The molecule has 0 aliphatic rings. The second-order valence-corrected chi connectivity index (χ2v) is 35.3. The fourth-order valence-corrected chi connectivity index (χ4v) is 5.45. The smallest absolute Gasteiger partial charge is 0.382 e. The summed E-state index contributed by atoms with van der Waals surface area (Å²) in [6.45, 7) is 37.3. The van der Waals surface area contributed by atoms with Crippen molar-refractivity contribution in [3.63, 3.8) is 0 Å². The van der Waals surface area contributed by atoms with Crippen molar-refractivity contribution in [3.8, 4) is 68.3 Å². The Bertz CT molecular complexity index is 2370. The van der Waals surface area contributed by atoms with Gasteiger partial charge in [0.1, 0.15) is 0 Å². The number of hydrogen-bond acceptors (Lipinski definition) is 10. The van der Waals surface area contributed by atoms with Crippen molar-refractivity contribution in [3.05, 3.63) is 221 Å². The topological polar surface area (TPSA) is 125 Å². The van der Waals surface area contributed by atoms with Crippen molar-refractivity contribution in [2.75, 3.05) is 13.2 Å². The molecule has 2 radical (unpaired) electrons. The SMILES string of the molecule is CCOCC.[CH2-][Si](C)(C)C.[CH2-][Si](C)(C)C.[CH2-][Si](C)(C)C.[Co+2].[Co].c1ccc(-c2cccc(-c3ccccn3)n2)nc1.c1ccc(-c2cccc(-c3ccccn3)n2)nc1.c1ccc(-c2cccc(-c3ccccn3)n2)nc1. The van der Waals surface area contributed by atoms with Gasteiger partial charge in [-0.25, -0.2) is 15.0 Å². The summed E-state index contributed by atoms with van der Waals surface area (Å²) in [7, 11) is -2.58. The van der Waals surface area contributed by atoms with Crippen LogP contribution in [0.2, 0.25) is 58.9 Å². The van der Waals surface area contributed by atoms with Crippen LogP contribution in [0.25, 0.3) is 68.3 Å². The average Bonchev–Trinajstić information content (AvgIpc) is 3.40. The van der Waals surface area contributed by atoms with Crippen LogP contribution in [-0.2, 0) is 38.3 Å². The monoisotopic (exact) mass is 1150 g/mol. The molecule has 9 aromatic heterocycles. The molecule has 0 bridgehead atoms. The van der Waals surface area contributed by atoms with Crippen LogP contribution >= 0.6 is 0 Å². The van der Waals surface area contributed by atoms with E-state index < -0.39 is 24.2 Å². The minimum Gasteiger partial charge on any atom is -0.382 e. The zero-order valence-electron chi connectivity index (χ0n) is 46.2. The fourth-order valence-electron chi connectivity index (χ4n) is 5.45. The van der Waals surface area contributed by atoms with Crippen LogP contribution < -0.4 is 0 Å². The number of rotatable bonds is 8. The Hall–Kier alpha value is -6.03. The number of ether oxygens (including phenoxy) is 1. The molecule has 402 valence electrons. The van der Waals surface area contributed by atoms with Gasteiger partial charge in [0.25, 0.3) is 0 Å². The van der Waals surface area contributed by atoms with Crippen molar-refractivity contribution in [1.82, 2.24) is 44.9 Å². The molecule has 0 N–H and O–H groups in total. The van der Waals surface area contributed by atoms with E-state index in [9.17, 15) is 0 Å². The Morgan fingerprint density at radius 1 is 0.289 bits per heavy atom. The molecule has 0 amide bonds. The van der Waals surface area contributed by atoms with E-state index in [-0.39, 0.29) is 33.6 Å². The van der Waals surface area contributed by atoms with Crippen LogP contribution in [0.1, 0.15) is 13.8 Å². The van der Waals surface area contributed by atoms with Gasteiger partial charge in [-0.3, -0.25) is 29.9 Å². The van der Waals surface area contributed by atoms with E-state index >= 15 is 0 Å². The van der Waals surface area contributed by atoms with Crippen molar-refractivity contribution in [1.29, 1.82) is 0 Å². The zero-order valence-corrected chi connectivity index (χ0v) is 51.3. The number of aromatic nitrogens is 9. The van der Waals surface area contributed by atoms with Gasteiger partial charge in [-0.1, -0.05) is 114 Å². The van der Waals surface area contributed by atoms with Gasteiger partial charge in [0.05, 0.1) is 68.3 Å². The molecule has 9 aromatic rings. The summed E-state index contributed by atoms with van der Waals surface area (Å²) in [5, 5.41) is 0. The number of nitrogens with zero attached hydrogens (tertiary/aromatic N) is 9. The van der Waals surface area contributed by atoms with E-state index in [0.29, 0.717) is 0 Å². The standard InChI is InChI=1S/3C15H11N3.C4H10O.3C4H11Si.2Co/c3*1-3-10-16-12(6-1)14-8-5-9-15(18-14)13-7-2-4-11-17-13;1-3-5-4-2;3*1-5(2,3)4;;/h3*1-11H;3-4H2,1-2H3;3*1H2,2-4H3;;/q;;;;3*-1;;+2. The van der Waals surface area contributed by atoms with Gasteiger partial charge in [0.2, 0.25) is 0 Å². The minimum absolute atomic E-state index is 0. The van der Waals surface area contributed by atoms with Gasteiger partial charge < -0.3 is 24.4 Å². The Balaban J connectivity index is 0.000000479. The Morgan fingerprint density at radius 2 is 0.434 bits per heavy atom. The van der Waals surface area contributed by atoms with E-state index in [4.69, 9.17) is 4.74 Å². The first-order valence-electron chi connectivity index (χ1n) is 24.7. The molecule has 10 nitrogen and oxygen atoms in total. The molecule has 9 rings (SSSR count). The van der Waals surface area contributed by atoms with Crippen LogP contribution in [0.15, 0.2) is 201 Å². The molecule has 0 fully saturated rings. The van der Waals surface area contributed by atoms with Gasteiger partial charge in [0, 0.05) is 67.2 Å². The summed E-state index contributed by atoms with van der Waals surface area (Å²) in [6.07, 6.45) is 10.6. The molecule has 9 heterocycles. The molecule has 0 atom stereocenters. The Morgan fingerprint density at radius 3 is 0.539 bits per heavy atom. The first kappa shape index (κ1) is 68.0. The summed E-state index contributed by atoms with van der Waals surface area (Å²) in [5.74, 6) is 0. The van der Waals surface area contributed by atoms with E-state index in [2.05, 4.69) is 123 Å². The molecule has 0 aromatic carbocycles. The van der Waals surface area contributed by atoms with Crippen LogP contribution in [0.4, 0.5) is 0 Å². The van der Waals surface area contributed by atoms with Crippen LogP contribution in [0, 0.1) is 19.6 Å².